The Morgan fingerprint density at radius 3 is 3.05 bits per heavy atom. The summed E-state index contributed by atoms with van der Waals surface area (Å²) < 4.78 is 18.8. The van der Waals surface area contributed by atoms with Gasteiger partial charge in [-0.25, -0.2) is 4.39 Å². The number of nitrogens with zero attached hydrogens (tertiary/aromatic N) is 1. The number of ether oxygens (including phenoxy) is 1. The second kappa shape index (κ2) is 6.12. The average molecular weight is 330 g/mol. The Kier molecular flexibility index (Phi) is 4.49. The molecular formula is C12H13BrFN3O2. The second-order valence-corrected chi connectivity index (χ2v) is 4.81. The number of benzene rings is 1. The zero-order valence-corrected chi connectivity index (χ0v) is 11.8. The molecule has 0 radical (unpaired) electrons. The lowest BCUT2D eigenvalue weighted by atomic mass is 10.1. The molecule has 7 heteroatoms. The minimum absolute atomic E-state index is 0.262. The van der Waals surface area contributed by atoms with E-state index in [4.69, 9.17) is 4.74 Å². The molecule has 1 heterocycles. The average Bonchev–Trinajstić information content (AvgIpc) is 2.74. The molecule has 1 fully saturated rings. The molecule has 0 spiro atoms. The van der Waals surface area contributed by atoms with Crippen LogP contribution in [0.3, 0.4) is 0 Å². The van der Waals surface area contributed by atoms with Gasteiger partial charge >= 0.3 is 0 Å². The van der Waals surface area contributed by atoms with Gasteiger partial charge in [0.1, 0.15) is 11.9 Å². The van der Waals surface area contributed by atoms with E-state index in [1.807, 2.05) is 0 Å². The van der Waals surface area contributed by atoms with Gasteiger partial charge in [0.2, 0.25) is 0 Å². The fraction of sp³-hybridized carbons (Fsp3) is 0.333. The smallest absolute Gasteiger partial charge is 0.253 e. The van der Waals surface area contributed by atoms with Crippen molar-refractivity contribution in [2.75, 3.05) is 20.3 Å². The van der Waals surface area contributed by atoms with Crippen molar-refractivity contribution in [2.24, 2.45) is 4.99 Å². The number of guanidine groups is 1. The van der Waals surface area contributed by atoms with E-state index in [1.165, 1.54) is 12.1 Å². The van der Waals surface area contributed by atoms with E-state index in [2.05, 4.69) is 31.6 Å². The molecule has 1 atom stereocenters. The number of amides is 1. The van der Waals surface area contributed by atoms with Crippen molar-refractivity contribution < 1.29 is 13.9 Å². The third-order valence-electron chi connectivity index (χ3n) is 2.62. The number of carbonyl (C=O) groups excluding carboxylic acids is 1. The quantitative estimate of drug-likeness (QED) is 0.820. The van der Waals surface area contributed by atoms with Gasteiger partial charge in [-0.1, -0.05) is 15.9 Å². The maximum Gasteiger partial charge on any atom is 0.253 e. The van der Waals surface area contributed by atoms with Crippen LogP contribution in [0.15, 0.2) is 27.7 Å². The van der Waals surface area contributed by atoms with Gasteiger partial charge in [0, 0.05) is 17.1 Å². The van der Waals surface area contributed by atoms with Gasteiger partial charge in [-0.05, 0) is 18.2 Å². The molecule has 102 valence electrons. The van der Waals surface area contributed by atoms with E-state index in [0.717, 1.165) is 0 Å². The van der Waals surface area contributed by atoms with E-state index in [-0.39, 0.29) is 5.91 Å². The second-order valence-electron chi connectivity index (χ2n) is 3.96. The first-order valence-corrected chi connectivity index (χ1v) is 6.47. The molecule has 0 aromatic heterocycles. The number of carbonyl (C=O) groups is 1. The Hall–Kier alpha value is -1.47. The molecule has 2 rings (SSSR count). The van der Waals surface area contributed by atoms with Crippen LogP contribution in [0.1, 0.15) is 11.6 Å². The lowest BCUT2D eigenvalue weighted by Crippen LogP contribution is -2.26. The Labute approximate surface area is 118 Å². The van der Waals surface area contributed by atoms with E-state index < -0.39 is 11.9 Å². The first-order chi connectivity index (χ1) is 9.11. The van der Waals surface area contributed by atoms with Gasteiger partial charge in [0.25, 0.3) is 5.91 Å². The van der Waals surface area contributed by atoms with Crippen LogP contribution in [-0.4, -0.2) is 32.1 Å². The van der Waals surface area contributed by atoms with Crippen LogP contribution < -0.4 is 10.6 Å². The summed E-state index contributed by atoms with van der Waals surface area (Å²) in [5.74, 6) is -0.275. The van der Waals surface area contributed by atoms with Crippen LogP contribution in [0.5, 0.6) is 0 Å². The number of nitrogens with one attached hydrogen (secondary N) is 2. The Balaban J connectivity index is 2.16. The Bertz CT molecular complexity index is 522. The van der Waals surface area contributed by atoms with Crippen molar-refractivity contribution in [1.82, 2.24) is 10.6 Å². The van der Waals surface area contributed by atoms with Gasteiger partial charge in [-0.2, -0.15) is 0 Å². The monoisotopic (exact) mass is 329 g/mol. The summed E-state index contributed by atoms with van der Waals surface area (Å²) in [5.41, 5.74) is 0.537. The van der Waals surface area contributed by atoms with Crippen LogP contribution in [-0.2, 0) is 9.53 Å². The largest absolute Gasteiger partial charge is 0.383 e. The molecule has 1 aromatic rings. The Morgan fingerprint density at radius 1 is 1.53 bits per heavy atom. The number of halogens is 2. The van der Waals surface area contributed by atoms with Crippen molar-refractivity contribution in [2.45, 2.75) is 6.04 Å². The molecule has 1 amide bonds. The van der Waals surface area contributed by atoms with Crippen molar-refractivity contribution >= 4 is 27.8 Å². The summed E-state index contributed by atoms with van der Waals surface area (Å²) in [4.78, 5) is 16.0. The summed E-state index contributed by atoms with van der Waals surface area (Å²) in [6.07, 6.45) is 0. The molecule has 1 aromatic carbocycles. The number of rotatable bonds is 4. The minimum Gasteiger partial charge on any atom is -0.383 e. The fourth-order valence-electron chi connectivity index (χ4n) is 1.72. The van der Waals surface area contributed by atoms with E-state index in [9.17, 15) is 9.18 Å². The third-order valence-corrected chi connectivity index (χ3v) is 3.34. The molecule has 1 unspecified atom stereocenters. The number of hydrogen-bond acceptors (Lipinski definition) is 3. The standard InChI is InChI=1S/C12H13BrFN3O2/c1-19-5-4-15-12-16-10(11(18)17-12)8-6-7(14)2-3-9(8)13/h2-3,6,10H,4-5H2,1H3,(H2,15,16,17,18). The molecule has 19 heavy (non-hydrogen) atoms. The molecule has 2 N–H and O–H groups in total. The zero-order valence-electron chi connectivity index (χ0n) is 10.2. The molecule has 0 aliphatic carbocycles. The van der Waals surface area contributed by atoms with Crippen LogP contribution in [0.25, 0.3) is 0 Å². The van der Waals surface area contributed by atoms with Crippen LogP contribution in [0, 0.1) is 5.82 Å². The molecule has 1 saturated heterocycles. The van der Waals surface area contributed by atoms with Gasteiger partial charge in [-0.15, -0.1) is 0 Å². The number of hydrogen-bond donors (Lipinski definition) is 2. The Morgan fingerprint density at radius 2 is 2.32 bits per heavy atom. The summed E-state index contributed by atoms with van der Waals surface area (Å²) in [6, 6.07) is 3.57. The summed E-state index contributed by atoms with van der Waals surface area (Å²) >= 11 is 3.31. The molecule has 1 aliphatic rings. The molecule has 1 aliphatic heterocycles. The van der Waals surface area contributed by atoms with Gasteiger partial charge < -0.3 is 10.1 Å². The zero-order chi connectivity index (χ0) is 13.8. The lowest BCUT2D eigenvalue weighted by Gasteiger charge is -2.10. The predicted octanol–water partition coefficient (Wildman–Crippen LogP) is 1.35. The van der Waals surface area contributed by atoms with Gasteiger partial charge in [-0.3, -0.25) is 15.1 Å². The fourth-order valence-corrected chi connectivity index (χ4v) is 2.19. The first-order valence-electron chi connectivity index (χ1n) is 5.67. The number of methoxy groups -OCH3 is 1. The third kappa shape index (κ3) is 3.30. The van der Waals surface area contributed by atoms with Gasteiger partial charge in [0.15, 0.2) is 5.96 Å². The molecule has 0 bridgehead atoms. The van der Waals surface area contributed by atoms with E-state index in [1.54, 1.807) is 13.2 Å². The highest BCUT2D eigenvalue weighted by Gasteiger charge is 2.31. The minimum atomic E-state index is -0.647. The topological polar surface area (TPSA) is 62.7 Å². The van der Waals surface area contributed by atoms with Crippen molar-refractivity contribution in [3.63, 3.8) is 0 Å². The highest BCUT2D eigenvalue weighted by molar-refractivity contribution is 9.10. The maximum absolute atomic E-state index is 13.2. The molecule has 5 nitrogen and oxygen atoms in total. The molecule has 0 saturated carbocycles. The maximum atomic E-state index is 13.2. The van der Waals surface area contributed by atoms with Crippen LogP contribution >= 0.6 is 15.9 Å². The van der Waals surface area contributed by atoms with E-state index >= 15 is 0 Å². The molecular weight excluding hydrogens is 317 g/mol. The first kappa shape index (κ1) is 14.0. The number of aliphatic imine (C=N–C) groups is 1. The lowest BCUT2D eigenvalue weighted by molar-refractivity contribution is -0.120. The highest BCUT2D eigenvalue weighted by atomic mass is 79.9. The highest BCUT2D eigenvalue weighted by Crippen LogP contribution is 2.26. The van der Waals surface area contributed by atoms with Gasteiger partial charge in [0.05, 0.1) is 13.2 Å². The van der Waals surface area contributed by atoms with Crippen molar-refractivity contribution in [3.05, 3.63) is 34.1 Å². The van der Waals surface area contributed by atoms with E-state index in [0.29, 0.717) is 29.1 Å². The SMILES string of the molecule is COCCN=C1NC(=O)C(c2cc(F)ccc2Br)N1. The van der Waals surface area contributed by atoms with Crippen molar-refractivity contribution in [1.29, 1.82) is 0 Å². The van der Waals surface area contributed by atoms with Crippen molar-refractivity contribution in [3.8, 4) is 0 Å². The summed E-state index contributed by atoms with van der Waals surface area (Å²) in [5, 5.41) is 5.53. The van der Waals surface area contributed by atoms with Crippen LogP contribution in [0.2, 0.25) is 0 Å². The summed E-state index contributed by atoms with van der Waals surface area (Å²) in [7, 11) is 1.58. The predicted molar refractivity (Wildman–Crippen MR) is 72.3 cm³/mol. The van der Waals surface area contributed by atoms with Crippen LogP contribution in [0.4, 0.5) is 4.39 Å². The summed E-state index contributed by atoms with van der Waals surface area (Å²) in [6.45, 7) is 0.908. The normalized spacial score (nSPS) is 20.5.